The van der Waals surface area contributed by atoms with Gasteiger partial charge in [-0.3, -0.25) is 0 Å². The van der Waals surface area contributed by atoms with Gasteiger partial charge in [-0.05, 0) is 6.07 Å². The van der Waals surface area contributed by atoms with Crippen molar-refractivity contribution in [3.05, 3.63) is 18.2 Å². The fraction of sp³-hybridized carbons (Fsp3) is 0.250. The average Bonchev–Trinajstić information content (AvgIpc) is 2.50. The summed E-state index contributed by atoms with van der Waals surface area (Å²) >= 11 is 0. The molecule has 0 saturated heterocycles. The van der Waals surface area contributed by atoms with Gasteiger partial charge in [0.25, 0.3) is 0 Å². The number of methoxy groups -OCH3 is 1. The molecule has 3 nitrogen and oxygen atoms in total. The Bertz CT molecular complexity index is 270. The Morgan fingerprint density at radius 1 is 1.55 bits per heavy atom. The van der Waals surface area contributed by atoms with Crippen LogP contribution >= 0.6 is 0 Å². The van der Waals surface area contributed by atoms with Crippen LogP contribution in [0.5, 0.6) is 17.2 Å². The third-order valence-electron chi connectivity index (χ3n) is 1.50. The predicted octanol–water partition coefficient (Wildman–Crippen LogP) is 1.22. The van der Waals surface area contributed by atoms with Gasteiger partial charge in [0.05, 0.1) is 7.11 Å². The zero-order valence-corrected chi connectivity index (χ0v) is 6.09. The van der Waals surface area contributed by atoms with E-state index in [2.05, 4.69) is 6.07 Å². The minimum Gasteiger partial charge on any atom is -0.497 e. The first-order valence-corrected chi connectivity index (χ1v) is 3.25. The lowest BCUT2D eigenvalue weighted by Gasteiger charge is -1.99. The van der Waals surface area contributed by atoms with Crippen LogP contribution in [0.15, 0.2) is 12.1 Å². The van der Waals surface area contributed by atoms with Crippen molar-refractivity contribution >= 4 is 0 Å². The molecule has 0 spiro atoms. The molecule has 1 aliphatic rings. The number of hydrogen-bond donors (Lipinski definition) is 0. The van der Waals surface area contributed by atoms with E-state index in [1.807, 2.05) is 0 Å². The highest BCUT2D eigenvalue weighted by Crippen LogP contribution is 2.34. The molecule has 2 rings (SSSR count). The normalized spacial score (nSPS) is 13.2. The van der Waals surface area contributed by atoms with E-state index in [1.165, 1.54) is 0 Å². The van der Waals surface area contributed by atoms with Gasteiger partial charge in [-0.2, -0.15) is 0 Å². The maximum atomic E-state index is 5.11. The fourth-order valence-corrected chi connectivity index (χ4v) is 0.934. The van der Waals surface area contributed by atoms with Gasteiger partial charge in [-0.25, -0.2) is 0 Å². The van der Waals surface area contributed by atoms with Crippen LogP contribution in [-0.4, -0.2) is 13.9 Å². The Morgan fingerprint density at radius 2 is 2.45 bits per heavy atom. The van der Waals surface area contributed by atoms with Gasteiger partial charge in [0, 0.05) is 12.1 Å². The smallest absolute Gasteiger partial charge is 0.231 e. The van der Waals surface area contributed by atoms with Crippen molar-refractivity contribution in [2.24, 2.45) is 0 Å². The van der Waals surface area contributed by atoms with Crippen molar-refractivity contribution in [3.63, 3.8) is 0 Å². The van der Waals surface area contributed by atoms with Gasteiger partial charge >= 0.3 is 0 Å². The molecule has 0 N–H and O–H groups in total. The summed E-state index contributed by atoms with van der Waals surface area (Å²) in [6.07, 6.45) is 0. The van der Waals surface area contributed by atoms with E-state index in [0.717, 1.165) is 5.75 Å². The molecule has 0 atom stereocenters. The van der Waals surface area contributed by atoms with Crippen LogP contribution in [0.3, 0.4) is 0 Å². The van der Waals surface area contributed by atoms with Crippen molar-refractivity contribution in [2.45, 2.75) is 0 Å². The number of ether oxygens (including phenoxy) is 3. The molecule has 0 aromatic heterocycles. The summed E-state index contributed by atoms with van der Waals surface area (Å²) in [6.45, 7) is 0.277. The van der Waals surface area contributed by atoms with E-state index >= 15 is 0 Å². The van der Waals surface area contributed by atoms with E-state index in [1.54, 1.807) is 19.2 Å². The number of fused-ring (bicyclic) bond motifs is 1. The molecule has 0 aliphatic carbocycles. The number of benzene rings is 1. The first-order chi connectivity index (χ1) is 5.40. The Hall–Kier alpha value is -1.38. The molecule has 1 heterocycles. The SMILES string of the molecule is COc1c[c]c2c(c1)OCO2. The van der Waals surface area contributed by atoms with E-state index < -0.39 is 0 Å². The minimum atomic E-state index is 0.277. The van der Waals surface area contributed by atoms with E-state index in [0.29, 0.717) is 11.5 Å². The molecule has 1 aromatic rings. The highest BCUT2D eigenvalue weighted by molar-refractivity contribution is 5.45. The molecular formula is C8H7O3. The average molecular weight is 151 g/mol. The second-order valence-corrected chi connectivity index (χ2v) is 2.14. The van der Waals surface area contributed by atoms with E-state index in [4.69, 9.17) is 14.2 Å². The maximum Gasteiger partial charge on any atom is 0.231 e. The zero-order chi connectivity index (χ0) is 7.68. The summed E-state index contributed by atoms with van der Waals surface area (Å²) in [6, 6.07) is 6.39. The monoisotopic (exact) mass is 151 g/mol. The van der Waals surface area contributed by atoms with Gasteiger partial charge in [0.1, 0.15) is 5.75 Å². The maximum absolute atomic E-state index is 5.11. The largest absolute Gasteiger partial charge is 0.497 e. The minimum absolute atomic E-state index is 0.277. The molecule has 0 unspecified atom stereocenters. The zero-order valence-electron chi connectivity index (χ0n) is 6.09. The molecule has 1 radical (unpaired) electrons. The molecule has 57 valence electrons. The van der Waals surface area contributed by atoms with Gasteiger partial charge < -0.3 is 14.2 Å². The summed E-state index contributed by atoms with van der Waals surface area (Å²) in [7, 11) is 1.60. The molecule has 1 aromatic carbocycles. The Morgan fingerprint density at radius 3 is 3.27 bits per heavy atom. The van der Waals surface area contributed by atoms with E-state index in [-0.39, 0.29) is 6.79 Å². The molecule has 0 fully saturated rings. The molecule has 11 heavy (non-hydrogen) atoms. The molecular weight excluding hydrogens is 144 g/mol. The van der Waals surface area contributed by atoms with Crippen molar-refractivity contribution in [2.75, 3.05) is 13.9 Å². The first-order valence-electron chi connectivity index (χ1n) is 3.25. The summed E-state index contributed by atoms with van der Waals surface area (Å²) in [5, 5.41) is 0. The fourth-order valence-electron chi connectivity index (χ4n) is 0.934. The quantitative estimate of drug-likeness (QED) is 0.604. The molecule has 0 bridgehead atoms. The lowest BCUT2D eigenvalue weighted by molar-refractivity contribution is 0.173. The Labute approximate surface area is 64.5 Å². The van der Waals surface area contributed by atoms with Crippen LogP contribution in [0.2, 0.25) is 0 Å². The first kappa shape index (κ1) is 6.34. The van der Waals surface area contributed by atoms with Crippen LogP contribution in [0, 0.1) is 6.07 Å². The Kier molecular flexibility index (Phi) is 1.35. The third-order valence-corrected chi connectivity index (χ3v) is 1.50. The van der Waals surface area contributed by atoms with Gasteiger partial charge in [0.15, 0.2) is 11.5 Å². The predicted molar refractivity (Wildman–Crippen MR) is 38.0 cm³/mol. The van der Waals surface area contributed by atoms with Crippen LogP contribution in [0.25, 0.3) is 0 Å². The third kappa shape index (κ3) is 0.981. The second-order valence-electron chi connectivity index (χ2n) is 2.14. The van der Waals surface area contributed by atoms with Crippen molar-refractivity contribution in [1.82, 2.24) is 0 Å². The summed E-state index contributed by atoms with van der Waals surface area (Å²) in [5.74, 6) is 2.09. The molecule has 3 heteroatoms. The van der Waals surface area contributed by atoms with Crippen LogP contribution in [0.4, 0.5) is 0 Å². The summed E-state index contributed by atoms with van der Waals surface area (Å²) in [4.78, 5) is 0. The highest BCUT2D eigenvalue weighted by Gasteiger charge is 2.13. The van der Waals surface area contributed by atoms with Crippen molar-refractivity contribution in [3.8, 4) is 17.2 Å². The van der Waals surface area contributed by atoms with Crippen LogP contribution in [0.1, 0.15) is 0 Å². The van der Waals surface area contributed by atoms with Gasteiger partial charge in [0.2, 0.25) is 6.79 Å². The number of rotatable bonds is 1. The summed E-state index contributed by atoms with van der Waals surface area (Å²) < 4.78 is 15.1. The topological polar surface area (TPSA) is 27.7 Å². The van der Waals surface area contributed by atoms with Crippen LogP contribution < -0.4 is 14.2 Å². The van der Waals surface area contributed by atoms with Gasteiger partial charge in [-0.15, -0.1) is 0 Å². The lowest BCUT2D eigenvalue weighted by Crippen LogP contribution is -1.92. The lowest BCUT2D eigenvalue weighted by atomic mass is 10.3. The second kappa shape index (κ2) is 2.34. The standard InChI is InChI=1S/C8H7O3/c1-9-6-2-3-7-8(4-6)11-5-10-7/h2,4H,5H2,1H3. The van der Waals surface area contributed by atoms with Crippen molar-refractivity contribution < 1.29 is 14.2 Å². The molecule has 0 saturated carbocycles. The van der Waals surface area contributed by atoms with Gasteiger partial charge in [-0.1, -0.05) is 0 Å². The Balaban J connectivity index is 2.41. The highest BCUT2D eigenvalue weighted by atomic mass is 16.7. The van der Waals surface area contributed by atoms with E-state index in [9.17, 15) is 0 Å². The van der Waals surface area contributed by atoms with Crippen molar-refractivity contribution in [1.29, 1.82) is 0 Å². The van der Waals surface area contributed by atoms with Crippen LogP contribution in [-0.2, 0) is 0 Å². The molecule has 0 amide bonds. The molecule has 1 aliphatic heterocycles. The number of hydrogen-bond acceptors (Lipinski definition) is 3. The summed E-state index contributed by atoms with van der Waals surface area (Å²) in [5.41, 5.74) is 0.